The molecular weight excluding hydrogens is 308 g/mol. The number of ether oxygens (including phenoxy) is 3. The molecule has 0 aromatic heterocycles. The van der Waals surface area contributed by atoms with Crippen molar-refractivity contribution in [2.45, 2.75) is 6.92 Å². The number of esters is 1. The molecule has 5 heteroatoms. The third-order valence-corrected chi connectivity index (χ3v) is 3.48. The van der Waals surface area contributed by atoms with Crippen LogP contribution in [0.15, 0.2) is 54.1 Å². The van der Waals surface area contributed by atoms with Crippen molar-refractivity contribution in [2.24, 2.45) is 0 Å². The van der Waals surface area contributed by atoms with E-state index >= 15 is 0 Å². The number of carbonyl (C=O) groups is 2. The van der Waals surface area contributed by atoms with Gasteiger partial charge in [-0.05, 0) is 30.7 Å². The molecule has 0 saturated heterocycles. The van der Waals surface area contributed by atoms with Gasteiger partial charge in [0.05, 0.1) is 6.61 Å². The second-order valence-electron chi connectivity index (χ2n) is 5.09. The second-order valence-corrected chi connectivity index (χ2v) is 5.09. The summed E-state index contributed by atoms with van der Waals surface area (Å²) in [4.78, 5) is 24.9. The van der Waals surface area contributed by atoms with Crippen LogP contribution in [0.5, 0.6) is 11.5 Å². The summed E-state index contributed by atoms with van der Waals surface area (Å²) < 4.78 is 15.6. The molecule has 3 rings (SSSR count). The maximum Gasteiger partial charge on any atom is 0.342 e. The highest BCUT2D eigenvalue weighted by atomic mass is 16.7. The summed E-state index contributed by atoms with van der Waals surface area (Å²) in [6.07, 6.45) is 1.51. The van der Waals surface area contributed by atoms with E-state index in [0.717, 1.165) is 0 Å². The normalized spacial score (nSPS) is 12.8. The van der Waals surface area contributed by atoms with E-state index < -0.39 is 5.97 Å². The topological polar surface area (TPSA) is 61.8 Å². The van der Waals surface area contributed by atoms with Gasteiger partial charge in [-0.2, -0.15) is 0 Å². The molecule has 122 valence electrons. The van der Waals surface area contributed by atoms with Gasteiger partial charge in [0.1, 0.15) is 5.57 Å². The predicted octanol–water partition coefficient (Wildman–Crippen LogP) is 3.24. The van der Waals surface area contributed by atoms with Crippen molar-refractivity contribution in [1.29, 1.82) is 0 Å². The molecule has 5 nitrogen and oxygen atoms in total. The van der Waals surface area contributed by atoms with Gasteiger partial charge in [0, 0.05) is 5.56 Å². The molecule has 24 heavy (non-hydrogen) atoms. The lowest BCUT2D eigenvalue weighted by molar-refractivity contribution is -0.137. The van der Waals surface area contributed by atoms with Gasteiger partial charge in [0.2, 0.25) is 6.79 Å². The van der Waals surface area contributed by atoms with Gasteiger partial charge in [-0.25, -0.2) is 4.79 Å². The van der Waals surface area contributed by atoms with Crippen molar-refractivity contribution in [1.82, 2.24) is 0 Å². The van der Waals surface area contributed by atoms with Crippen LogP contribution in [-0.4, -0.2) is 25.2 Å². The molecule has 0 N–H and O–H groups in total. The van der Waals surface area contributed by atoms with Crippen molar-refractivity contribution >= 4 is 17.8 Å². The van der Waals surface area contributed by atoms with Crippen LogP contribution in [0, 0.1) is 0 Å². The number of hydrogen-bond acceptors (Lipinski definition) is 5. The average Bonchev–Trinajstić information content (AvgIpc) is 3.07. The Bertz CT molecular complexity index is 793. The first kappa shape index (κ1) is 15.8. The van der Waals surface area contributed by atoms with E-state index in [0.29, 0.717) is 22.6 Å². The minimum absolute atomic E-state index is 0.0260. The van der Waals surface area contributed by atoms with Gasteiger partial charge in [0.15, 0.2) is 17.3 Å². The molecule has 2 aromatic rings. The smallest absolute Gasteiger partial charge is 0.342 e. The summed E-state index contributed by atoms with van der Waals surface area (Å²) in [5.41, 5.74) is 1.06. The maximum absolute atomic E-state index is 12.7. The Kier molecular flexibility index (Phi) is 4.61. The first-order valence-electron chi connectivity index (χ1n) is 7.57. The Labute approximate surface area is 139 Å². The van der Waals surface area contributed by atoms with E-state index in [1.54, 1.807) is 49.4 Å². The molecule has 0 saturated carbocycles. The summed E-state index contributed by atoms with van der Waals surface area (Å²) in [5, 5.41) is 0. The molecule has 0 bridgehead atoms. The molecule has 0 amide bonds. The zero-order valence-electron chi connectivity index (χ0n) is 13.2. The Hall–Kier alpha value is -3.08. The lowest BCUT2D eigenvalue weighted by atomic mass is 10.0. The third kappa shape index (κ3) is 3.30. The van der Waals surface area contributed by atoms with Crippen LogP contribution in [0.4, 0.5) is 0 Å². The zero-order chi connectivity index (χ0) is 16.9. The lowest BCUT2D eigenvalue weighted by Crippen LogP contribution is -2.16. The second kappa shape index (κ2) is 7.00. The molecule has 1 aliphatic heterocycles. The molecule has 0 aliphatic carbocycles. The van der Waals surface area contributed by atoms with Gasteiger partial charge in [-0.15, -0.1) is 0 Å². The molecule has 0 fully saturated rings. The van der Waals surface area contributed by atoms with Crippen molar-refractivity contribution < 1.29 is 23.8 Å². The van der Waals surface area contributed by atoms with E-state index in [4.69, 9.17) is 14.2 Å². The molecule has 1 aliphatic rings. The number of rotatable bonds is 5. The number of fused-ring (bicyclic) bond motifs is 1. The Morgan fingerprint density at radius 2 is 1.83 bits per heavy atom. The highest BCUT2D eigenvalue weighted by Gasteiger charge is 2.22. The Morgan fingerprint density at radius 1 is 1.08 bits per heavy atom. The van der Waals surface area contributed by atoms with E-state index in [-0.39, 0.29) is 24.8 Å². The highest BCUT2D eigenvalue weighted by molar-refractivity contribution is 6.26. The number of Topliss-reactive ketones (excluding diaryl/α,β-unsaturated/α-hetero) is 1. The molecule has 0 spiro atoms. The maximum atomic E-state index is 12.7. The average molecular weight is 324 g/mol. The fourth-order valence-corrected chi connectivity index (χ4v) is 2.34. The largest absolute Gasteiger partial charge is 0.462 e. The van der Waals surface area contributed by atoms with Crippen LogP contribution in [0.25, 0.3) is 6.08 Å². The quantitative estimate of drug-likeness (QED) is 0.278. The van der Waals surface area contributed by atoms with Crippen LogP contribution in [0.2, 0.25) is 0 Å². The molecular formula is C19H16O5. The first-order valence-corrected chi connectivity index (χ1v) is 7.57. The van der Waals surface area contributed by atoms with Gasteiger partial charge in [-0.1, -0.05) is 36.4 Å². The van der Waals surface area contributed by atoms with Crippen LogP contribution >= 0.6 is 0 Å². The van der Waals surface area contributed by atoms with Crippen LogP contribution in [-0.2, 0) is 9.53 Å². The Balaban J connectivity index is 1.98. The molecule has 0 radical (unpaired) electrons. The van der Waals surface area contributed by atoms with E-state index in [9.17, 15) is 9.59 Å². The monoisotopic (exact) mass is 324 g/mol. The summed E-state index contributed by atoms with van der Waals surface area (Å²) in [7, 11) is 0. The van der Waals surface area contributed by atoms with E-state index in [1.807, 2.05) is 6.07 Å². The molecule has 1 heterocycles. The minimum Gasteiger partial charge on any atom is -0.462 e. The standard InChI is InChI=1S/C19H16O5/c1-2-22-19(21)15(18(20)14-6-4-3-5-7-14)10-13-8-9-16-17(11-13)24-12-23-16/h3-11H,2,12H2,1H3. The van der Waals surface area contributed by atoms with Crippen molar-refractivity contribution in [3.05, 3.63) is 65.2 Å². The Morgan fingerprint density at radius 3 is 2.58 bits per heavy atom. The summed E-state index contributed by atoms with van der Waals surface area (Å²) in [6.45, 7) is 2.05. The third-order valence-electron chi connectivity index (χ3n) is 3.48. The van der Waals surface area contributed by atoms with Gasteiger partial charge in [0.25, 0.3) is 0 Å². The number of benzene rings is 2. The van der Waals surface area contributed by atoms with Crippen LogP contribution < -0.4 is 9.47 Å². The lowest BCUT2D eigenvalue weighted by Gasteiger charge is -2.07. The van der Waals surface area contributed by atoms with Crippen molar-refractivity contribution in [3.8, 4) is 11.5 Å². The molecule has 0 unspecified atom stereocenters. The molecule has 2 aromatic carbocycles. The fourth-order valence-electron chi connectivity index (χ4n) is 2.34. The van der Waals surface area contributed by atoms with Crippen LogP contribution in [0.1, 0.15) is 22.8 Å². The van der Waals surface area contributed by atoms with Crippen molar-refractivity contribution in [3.63, 3.8) is 0 Å². The molecule has 0 atom stereocenters. The number of carbonyl (C=O) groups excluding carboxylic acids is 2. The van der Waals surface area contributed by atoms with Gasteiger partial charge >= 0.3 is 5.97 Å². The SMILES string of the molecule is CCOC(=O)C(=Cc1ccc2c(c1)OCO2)C(=O)c1ccccc1. The van der Waals surface area contributed by atoms with E-state index in [1.165, 1.54) is 6.08 Å². The van der Waals surface area contributed by atoms with E-state index in [2.05, 4.69) is 0 Å². The summed E-state index contributed by atoms with van der Waals surface area (Å²) >= 11 is 0. The summed E-state index contributed by atoms with van der Waals surface area (Å²) in [6, 6.07) is 13.8. The first-order chi connectivity index (χ1) is 11.7. The number of hydrogen-bond donors (Lipinski definition) is 0. The zero-order valence-corrected chi connectivity index (χ0v) is 13.2. The van der Waals surface area contributed by atoms with Gasteiger partial charge < -0.3 is 14.2 Å². The minimum atomic E-state index is -0.649. The fraction of sp³-hybridized carbons (Fsp3) is 0.158. The van der Waals surface area contributed by atoms with Gasteiger partial charge in [-0.3, -0.25) is 4.79 Å². The van der Waals surface area contributed by atoms with Crippen molar-refractivity contribution in [2.75, 3.05) is 13.4 Å². The van der Waals surface area contributed by atoms with Crippen LogP contribution in [0.3, 0.4) is 0 Å². The predicted molar refractivity (Wildman–Crippen MR) is 87.9 cm³/mol. The summed E-state index contributed by atoms with van der Waals surface area (Å²) in [5.74, 6) is 0.189. The number of ketones is 1. The highest BCUT2D eigenvalue weighted by Crippen LogP contribution is 2.33.